The van der Waals surface area contributed by atoms with E-state index < -0.39 is 0 Å². The first-order valence-corrected chi connectivity index (χ1v) is 7.40. The average molecular weight is 302 g/mol. The van der Waals surface area contributed by atoms with Crippen LogP contribution in [0.4, 0.5) is 5.69 Å². The van der Waals surface area contributed by atoms with Crippen molar-refractivity contribution < 1.29 is 9.90 Å². The van der Waals surface area contributed by atoms with Crippen molar-refractivity contribution in [2.24, 2.45) is 5.92 Å². The summed E-state index contributed by atoms with van der Waals surface area (Å²) in [6.45, 7) is 5.74. The van der Waals surface area contributed by atoms with Crippen LogP contribution >= 0.6 is 0 Å². The van der Waals surface area contributed by atoms with Crippen LogP contribution in [0.15, 0.2) is 30.5 Å². The van der Waals surface area contributed by atoms with Crippen LogP contribution in [0.25, 0.3) is 11.3 Å². The van der Waals surface area contributed by atoms with E-state index in [0.717, 1.165) is 23.4 Å². The number of nitrogens with one attached hydrogen (secondary N) is 1. The summed E-state index contributed by atoms with van der Waals surface area (Å²) in [6.07, 6.45) is 2.69. The van der Waals surface area contributed by atoms with Gasteiger partial charge in [-0.1, -0.05) is 31.2 Å². The molecule has 0 spiro atoms. The van der Waals surface area contributed by atoms with E-state index in [2.05, 4.69) is 29.5 Å². The number of carbonyl (C=O) groups excluding carboxylic acids is 1. The second kappa shape index (κ2) is 7.17. The van der Waals surface area contributed by atoms with Gasteiger partial charge in [-0.3, -0.25) is 4.79 Å². The van der Waals surface area contributed by atoms with Crippen molar-refractivity contribution in [1.82, 2.24) is 15.0 Å². The molecular formula is C16H22N4O2. The molecule has 1 aromatic carbocycles. The van der Waals surface area contributed by atoms with Gasteiger partial charge >= 0.3 is 0 Å². The molecule has 0 unspecified atom stereocenters. The molecule has 0 aliphatic rings. The Balaban J connectivity index is 2.15. The summed E-state index contributed by atoms with van der Waals surface area (Å²) < 4.78 is 1.72. The number of aliphatic hydroxyl groups excluding tert-OH is 1. The summed E-state index contributed by atoms with van der Waals surface area (Å²) in [5, 5.41) is 20.5. The predicted octanol–water partition coefficient (Wildman–Crippen LogP) is 2.48. The summed E-state index contributed by atoms with van der Waals surface area (Å²) in [4.78, 5) is 11.0. The first kappa shape index (κ1) is 16.2. The quantitative estimate of drug-likeness (QED) is 0.859. The van der Waals surface area contributed by atoms with Gasteiger partial charge in [-0.25, -0.2) is 4.68 Å². The van der Waals surface area contributed by atoms with Crippen LogP contribution in [0.2, 0.25) is 0 Å². The molecule has 0 bridgehead atoms. The van der Waals surface area contributed by atoms with E-state index in [-0.39, 0.29) is 18.6 Å². The number of aromatic nitrogens is 3. The molecule has 2 rings (SSSR count). The second-order valence-corrected chi connectivity index (χ2v) is 5.81. The lowest BCUT2D eigenvalue weighted by atomic mass is 10.0. The third-order valence-electron chi connectivity index (χ3n) is 3.34. The van der Waals surface area contributed by atoms with Crippen molar-refractivity contribution in [3.05, 3.63) is 30.5 Å². The van der Waals surface area contributed by atoms with Gasteiger partial charge in [0, 0.05) is 18.2 Å². The minimum absolute atomic E-state index is 0.0441. The summed E-state index contributed by atoms with van der Waals surface area (Å²) in [5.41, 5.74) is 2.41. The van der Waals surface area contributed by atoms with Gasteiger partial charge in [0.1, 0.15) is 5.69 Å². The Morgan fingerprint density at radius 2 is 2.00 bits per heavy atom. The van der Waals surface area contributed by atoms with Crippen LogP contribution in [0.3, 0.4) is 0 Å². The molecular weight excluding hydrogens is 280 g/mol. The van der Waals surface area contributed by atoms with Gasteiger partial charge in [0.25, 0.3) is 0 Å². The molecule has 2 aromatic rings. The minimum atomic E-state index is -0.0989. The third-order valence-corrected chi connectivity index (χ3v) is 3.34. The number of hydrogen-bond donors (Lipinski definition) is 2. The molecule has 118 valence electrons. The molecule has 6 nitrogen and oxygen atoms in total. The number of benzene rings is 1. The van der Waals surface area contributed by atoms with Gasteiger partial charge in [0.05, 0.1) is 18.8 Å². The summed E-state index contributed by atoms with van der Waals surface area (Å²) in [5.74, 6) is 0.375. The van der Waals surface area contributed by atoms with Crippen LogP contribution in [0, 0.1) is 5.92 Å². The molecule has 1 amide bonds. The Bertz CT molecular complexity index is 619. The standard InChI is InChI=1S/C16H22N4O2/c1-11(2)8-15(10-21)20-9-16(18-19-20)13-4-6-14(7-5-13)17-12(3)22/h4-7,9,11,15,21H,8,10H2,1-3H3,(H,17,22)/t15-/m0/s1. The van der Waals surface area contributed by atoms with E-state index in [1.165, 1.54) is 6.92 Å². The molecule has 0 fully saturated rings. The topological polar surface area (TPSA) is 80.0 Å². The summed E-state index contributed by atoms with van der Waals surface area (Å²) in [7, 11) is 0. The number of carbonyl (C=O) groups is 1. The fourth-order valence-electron chi connectivity index (χ4n) is 2.33. The van der Waals surface area contributed by atoms with E-state index in [0.29, 0.717) is 5.92 Å². The maximum atomic E-state index is 11.0. The Kier molecular flexibility index (Phi) is 5.27. The number of amides is 1. The second-order valence-electron chi connectivity index (χ2n) is 5.81. The van der Waals surface area contributed by atoms with Crippen molar-refractivity contribution in [3.63, 3.8) is 0 Å². The van der Waals surface area contributed by atoms with Crippen molar-refractivity contribution in [3.8, 4) is 11.3 Å². The highest BCUT2D eigenvalue weighted by atomic mass is 16.3. The third kappa shape index (κ3) is 4.14. The van der Waals surface area contributed by atoms with Gasteiger partial charge in [0.15, 0.2) is 0 Å². The molecule has 0 saturated heterocycles. The Morgan fingerprint density at radius 3 is 2.55 bits per heavy atom. The monoisotopic (exact) mass is 302 g/mol. The van der Waals surface area contributed by atoms with Crippen molar-refractivity contribution in [1.29, 1.82) is 0 Å². The van der Waals surface area contributed by atoms with Gasteiger partial charge in [-0.05, 0) is 24.5 Å². The zero-order valence-corrected chi connectivity index (χ0v) is 13.2. The maximum Gasteiger partial charge on any atom is 0.221 e. The zero-order valence-electron chi connectivity index (χ0n) is 13.2. The first-order valence-electron chi connectivity index (χ1n) is 7.40. The number of aliphatic hydroxyl groups is 1. The number of anilines is 1. The van der Waals surface area contributed by atoms with Crippen LogP contribution in [-0.4, -0.2) is 32.6 Å². The minimum Gasteiger partial charge on any atom is -0.394 e. The molecule has 1 atom stereocenters. The van der Waals surface area contributed by atoms with Crippen LogP contribution in [-0.2, 0) is 4.79 Å². The normalized spacial score (nSPS) is 12.4. The number of rotatable bonds is 6. The smallest absolute Gasteiger partial charge is 0.221 e. The van der Waals surface area contributed by atoms with Gasteiger partial charge in [-0.15, -0.1) is 5.10 Å². The SMILES string of the molecule is CC(=O)Nc1ccc(-c2cn([C@H](CO)CC(C)C)nn2)cc1. The van der Waals surface area contributed by atoms with E-state index in [1.54, 1.807) is 4.68 Å². The van der Waals surface area contributed by atoms with E-state index in [9.17, 15) is 9.90 Å². The Labute approximate surface area is 130 Å². The highest BCUT2D eigenvalue weighted by Gasteiger charge is 2.14. The van der Waals surface area contributed by atoms with Gasteiger partial charge in [0.2, 0.25) is 5.91 Å². The number of nitrogens with zero attached hydrogens (tertiary/aromatic N) is 3. The molecule has 2 N–H and O–H groups in total. The Hall–Kier alpha value is -2.21. The van der Waals surface area contributed by atoms with Crippen molar-refractivity contribution in [2.75, 3.05) is 11.9 Å². The fourth-order valence-corrected chi connectivity index (χ4v) is 2.33. The van der Waals surface area contributed by atoms with Crippen LogP contribution in [0.1, 0.15) is 33.2 Å². The fraction of sp³-hybridized carbons (Fsp3) is 0.438. The molecule has 1 aromatic heterocycles. The van der Waals surface area contributed by atoms with E-state index in [1.807, 2.05) is 30.5 Å². The van der Waals surface area contributed by atoms with Gasteiger partial charge in [-0.2, -0.15) is 0 Å². The summed E-state index contributed by atoms with van der Waals surface area (Å²) in [6, 6.07) is 7.37. The van der Waals surface area contributed by atoms with Crippen LogP contribution < -0.4 is 5.32 Å². The zero-order chi connectivity index (χ0) is 16.1. The van der Waals surface area contributed by atoms with E-state index >= 15 is 0 Å². The molecule has 0 aliphatic heterocycles. The van der Waals surface area contributed by atoms with Crippen molar-refractivity contribution >= 4 is 11.6 Å². The highest BCUT2D eigenvalue weighted by molar-refractivity contribution is 5.88. The van der Waals surface area contributed by atoms with E-state index in [4.69, 9.17) is 0 Å². The molecule has 6 heteroatoms. The highest BCUT2D eigenvalue weighted by Crippen LogP contribution is 2.22. The molecule has 0 aliphatic carbocycles. The lowest BCUT2D eigenvalue weighted by molar-refractivity contribution is -0.114. The predicted molar refractivity (Wildman–Crippen MR) is 85.3 cm³/mol. The molecule has 0 radical (unpaired) electrons. The lowest BCUT2D eigenvalue weighted by Crippen LogP contribution is -2.16. The number of hydrogen-bond acceptors (Lipinski definition) is 4. The Morgan fingerprint density at radius 1 is 1.32 bits per heavy atom. The maximum absolute atomic E-state index is 11.0. The molecule has 22 heavy (non-hydrogen) atoms. The largest absolute Gasteiger partial charge is 0.394 e. The molecule has 0 saturated carbocycles. The van der Waals surface area contributed by atoms with Crippen LogP contribution in [0.5, 0.6) is 0 Å². The first-order chi connectivity index (χ1) is 10.5. The lowest BCUT2D eigenvalue weighted by Gasteiger charge is -2.15. The summed E-state index contributed by atoms with van der Waals surface area (Å²) >= 11 is 0. The average Bonchev–Trinajstić information content (AvgIpc) is 2.94. The van der Waals surface area contributed by atoms with Gasteiger partial charge < -0.3 is 10.4 Å². The van der Waals surface area contributed by atoms with Crippen molar-refractivity contribution in [2.45, 2.75) is 33.2 Å². The molecule has 1 heterocycles.